The molecule has 2 aromatic carbocycles. The van der Waals surface area contributed by atoms with E-state index in [1.165, 1.54) is 6.07 Å². The molecule has 0 saturated carbocycles. The Morgan fingerprint density at radius 2 is 1.61 bits per heavy atom. The summed E-state index contributed by atoms with van der Waals surface area (Å²) in [4.78, 5) is 23.9. The number of amides is 2. The Labute approximate surface area is 144 Å². The molecule has 6 heteroatoms. The number of carbonyl (C=O) groups is 2. The van der Waals surface area contributed by atoms with Crippen LogP contribution in [0, 0.1) is 13.8 Å². The zero-order chi connectivity index (χ0) is 17.0. The van der Waals surface area contributed by atoms with Crippen LogP contribution >= 0.6 is 23.2 Å². The number of anilines is 2. The van der Waals surface area contributed by atoms with Crippen LogP contribution in [-0.2, 0) is 9.59 Å². The van der Waals surface area contributed by atoms with Crippen LogP contribution in [-0.4, -0.2) is 11.8 Å². The van der Waals surface area contributed by atoms with Crippen LogP contribution in [0.4, 0.5) is 11.4 Å². The van der Waals surface area contributed by atoms with Gasteiger partial charge in [-0.3, -0.25) is 9.59 Å². The van der Waals surface area contributed by atoms with Gasteiger partial charge in [-0.15, -0.1) is 0 Å². The summed E-state index contributed by atoms with van der Waals surface area (Å²) in [6.45, 7) is 3.87. The minimum Gasteiger partial charge on any atom is -0.325 e. The van der Waals surface area contributed by atoms with Gasteiger partial charge in [-0.05, 0) is 49.2 Å². The maximum atomic E-state index is 12.0. The van der Waals surface area contributed by atoms with Gasteiger partial charge in [0.05, 0.1) is 10.7 Å². The molecule has 0 atom stereocenters. The van der Waals surface area contributed by atoms with Crippen molar-refractivity contribution in [3.63, 3.8) is 0 Å². The normalized spacial score (nSPS) is 10.3. The Kier molecular flexibility index (Phi) is 5.64. The molecule has 120 valence electrons. The van der Waals surface area contributed by atoms with Crippen molar-refractivity contribution in [2.24, 2.45) is 0 Å². The number of aryl methyl sites for hydroxylation is 1. The summed E-state index contributed by atoms with van der Waals surface area (Å²) in [5.74, 6) is -0.835. The molecule has 0 aliphatic heterocycles. The van der Waals surface area contributed by atoms with Crippen molar-refractivity contribution in [3.8, 4) is 0 Å². The van der Waals surface area contributed by atoms with Gasteiger partial charge < -0.3 is 10.6 Å². The van der Waals surface area contributed by atoms with Crippen LogP contribution in [0.15, 0.2) is 36.4 Å². The van der Waals surface area contributed by atoms with Crippen molar-refractivity contribution in [2.45, 2.75) is 20.3 Å². The second kappa shape index (κ2) is 7.49. The van der Waals surface area contributed by atoms with Crippen molar-refractivity contribution >= 4 is 46.4 Å². The maximum absolute atomic E-state index is 12.0. The predicted molar refractivity (Wildman–Crippen MR) is 94.3 cm³/mol. The molecule has 0 fully saturated rings. The van der Waals surface area contributed by atoms with Gasteiger partial charge in [0.1, 0.15) is 6.42 Å². The average molecular weight is 351 g/mol. The molecule has 0 radical (unpaired) electrons. The third-order valence-corrected chi connectivity index (χ3v) is 3.95. The molecule has 0 aromatic heterocycles. The first-order valence-electron chi connectivity index (χ1n) is 6.98. The smallest absolute Gasteiger partial charge is 0.233 e. The van der Waals surface area contributed by atoms with Gasteiger partial charge in [-0.2, -0.15) is 0 Å². The van der Waals surface area contributed by atoms with E-state index >= 15 is 0 Å². The molecule has 2 amide bonds. The lowest BCUT2D eigenvalue weighted by atomic mass is 10.1. The van der Waals surface area contributed by atoms with Crippen LogP contribution < -0.4 is 10.6 Å². The lowest BCUT2D eigenvalue weighted by Crippen LogP contribution is -2.22. The predicted octanol–water partition coefficient (Wildman–Crippen LogP) is 4.58. The van der Waals surface area contributed by atoms with E-state index in [1.54, 1.807) is 18.2 Å². The van der Waals surface area contributed by atoms with Gasteiger partial charge in [0.25, 0.3) is 0 Å². The fourth-order valence-corrected chi connectivity index (χ4v) is 2.47. The first kappa shape index (κ1) is 17.3. The summed E-state index contributed by atoms with van der Waals surface area (Å²) in [6.07, 6.45) is -0.299. The van der Waals surface area contributed by atoms with E-state index in [1.807, 2.05) is 26.0 Å². The Morgan fingerprint density at radius 3 is 2.26 bits per heavy atom. The summed E-state index contributed by atoms with van der Waals surface area (Å²) in [7, 11) is 0. The van der Waals surface area contributed by atoms with E-state index in [-0.39, 0.29) is 12.3 Å². The van der Waals surface area contributed by atoms with Crippen molar-refractivity contribution < 1.29 is 9.59 Å². The van der Waals surface area contributed by atoms with Crippen LogP contribution in [0.1, 0.15) is 17.5 Å². The summed E-state index contributed by atoms with van der Waals surface area (Å²) in [6, 6.07) is 10.3. The van der Waals surface area contributed by atoms with Gasteiger partial charge >= 0.3 is 0 Å². The van der Waals surface area contributed by atoms with Crippen LogP contribution in [0.2, 0.25) is 10.0 Å². The molecule has 0 bridgehead atoms. The van der Waals surface area contributed by atoms with E-state index in [9.17, 15) is 9.59 Å². The number of rotatable bonds is 4. The Hall–Kier alpha value is -2.04. The summed E-state index contributed by atoms with van der Waals surface area (Å²) >= 11 is 11.8. The maximum Gasteiger partial charge on any atom is 0.233 e. The van der Waals surface area contributed by atoms with E-state index in [4.69, 9.17) is 23.2 Å². The minimum absolute atomic E-state index is 0.299. The van der Waals surface area contributed by atoms with E-state index in [2.05, 4.69) is 10.6 Å². The number of hydrogen-bond acceptors (Lipinski definition) is 2. The number of halogens is 2. The van der Waals surface area contributed by atoms with E-state index in [0.29, 0.717) is 21.4 Å². The first-order chi connectivity index (χ1) is 10.9. The van der Waals surface area contributed by atoms with Gasteiger partial charge in [0.15, 0.2) is 0 Å². The largest absolute Gasteiger partial charge is 0.325 e. The lowest BCUT2D eigenvalue weighted by molar-refractivity contribution is -0.123. The van der Waals surface area contributed by atoms with Crippen molar-refractivity contribution in [1.29, 1.82) is 0 Å². The monoisotopic (exact) mass is 350 g/mol. The van der Waals surface area contributed by atoms with Crippen molar-refractivity contribution in [3.05, 3.63) is 57.6 Å². The highest BCUT2D eigenvalue weighted by Gasteiger charge is 2.13. The topological polar surface area (TPSA) is 58.2 Å². The second-order valence-electron chi connectivity index (χ2n) is 5.14. The molecule has 0 heterocycles. The van der Waals surface area contributed by atoms with Gasteiger partial charge in [-0.25, -0.2) is 0 Å². The second-order valence-corrected chi connectivity index (χ2v) is 5.99. The molecule has 2 N–H and O–H groups in total. The molecule has 0 aliphatic carbocycles. The molecular formula is C17H16Cl2N2O2. The molecule has 4 nitrogen and oxygen atoms in total. The highest BCUT2D eigenvalue weighted by molar-refractivity contribution is 6.36. The summed E-state index contributed by atoms with van der Waals surface area (Å²) in [5, 5.41) is 6.12. The third-order valence-electron chi connectivity index (χ3n) is 3.41. The number of hydrogen-bond donors (Lipinski definition) is 2. The minimum atomic E-state index is -0.447. The SMILES string of the molecule is Cc1cccc(NC(=O)CC(=O)Nc2ccc(Cl)cc2Cl)c1C. The zero-order valence-corrected chi connectivity index (χ0v) is 14.3. The quantitative estimate of drug-likeness (QED) is 0.793. The molecular weight excluding hydrogens is 335 g/mol. The Balaban J connectivity index is 1.97. The van der Waals surface area contributed by atoms with Gasteiger partial charge in [0, 0.05) is 10.7 Å². The molecule has 0 unspecified atom stereocenters. The fraction of sp³-hybridized carbons (Fsp3) is 0.176. The molecule has 0 spiro atoms. The zero-order valence-electron chi connectivity index (χ0n) is 12.7. The third kappa shape index (κ3) is 4.71. The number of benzene rings is 2. The van der Waals surface area contributed by atoms with Crippen LogP contribution in [0.3, 0.4) is 0 Å². The van der Waals surface area contributed by atoms with Crippen LogP contribution in [0.25, 0.3) is 0 Å². The van der Waals surface area contributed by atoms with Gasteiger partial charge in [0.2, 0.25) is 11.8 Å². The van der Waals surface area contributed by atoms with E-state index in [0.717, 1.165) is 11.1 Å². The van der Waals surface area contributed by atoms with Crippen LogP contribution in [0.5, 0.6) is 0 Å². The summed E-state index contributed by atoms with van der Waals surface area (Å²) in [5.41, 5.74) is 3.16. The fourth-order valence-electron chi connectivity index (χ4n) is 2.01. The highest BCUT2D eigenvalue weighted by Crippen LogP contribution is 2.25. The number of nitrogens with one attached hydrogen (secondary N) is 2. The summed E-state index contributed by atoms with van der Waals surface area (Å²) < 4.78 is 0. The van der Waals surface area contributed by atoms with Gasteiger partial charge in [-0.1, -0.05) is 35.3 Å². The lowest BCUT2D eigenvalue weighted by Gasteiger charge is -2.11. The number of carbonyl (C=O) groups excluding carboxylic acids is 2. The average Bonchev–Trinajstić information content (AvgIpc) is 2.47. The Morgan fingerprint density at radius 1 is 0.957 bits per heavy atom. The molecule has 0 saturated heterocycles. The van der Waals surface area contributed by atoms with Crippen molar-refractivity contribution in [2.75, 3.05) is 10.6 Å². The first-order valence-corrected chi connectivity index (χ1v) is 7.73. The molecule has 23 heavy (non-hydrogen) atoms. The van der Waals surface area contributed by atoms with Crippen molar-refractivity contribution in [1.82, 2.24) is 0 Å². The highest BCUT2D eigenvalue weighted by atomic mass is 35.5. The molecule has 2 aromatic rings. The molecule has 0 aliphatic rings. The standard InChI is InChI=1S/C17H16Cl2N2O2/c1-10-4-3-5-14(11(10)2)20-16(22)9-17(23)21-15-7-6-12(18)8-13(15)19/h3-8H,9H2,1-2H3,(H,20,22)(H,21,23). The molecule has 2 rings (SSSR count). The Bertz CT molecular complexity index is 760. The van der Waals surface area contributed by atoms with E-state index < -0.39 is 5.91 Å².